The second kappa shape index (κ2) is 10.9. The largest absolute Gasteiger partial charge is 0.481 e. The number of urea groups is 1. The van der Waals surface area contributed by atoms with Crippen LogP contribution in [0.25, 0.3) is 0 Å². The van der Waals surface area contributed by atoms with Crippen molar-refractivity contribution in [1.29, 1.82) is 0 Å². The molecule has 21 heavy (non-hydrogen) atoms. The first-order valence-corrected chi connectivity index (χ1v) is 7.30. The molecule has 0 aromatic heterocycles. The molecule has 0 bridgehead atoms. The van der Waals surface area contributed by atoms with Crippen LogP contribution >= 0.6 is 0 Å². The topological polar surface area (TPSA) is 108 Å². The molecule has 0 fully saturated rings. The molecule has 0 aliphatic carbocycles. The minimum Gasteiger partial charge on any atom is -0.481 e. The molecule has 0 saturated heterocycles. The molecule has 1 unspecified atom stereocenters. The fraction of sp³-hybridized carbons (Fsp3) is 0.786. The van der Waals surface area contributed by atoms with Crippen molar-refractivity contribution >= 4 is 17.9 Å². The molecule has 4 N–H and O–H groups in total. The van der Waals surface area contributed by atoms with Crippen LogP contribution in [0.15, 0.2) is 0 Å². The van der Waals surface area contributed by atoms with Crippen LogP contribution in [0, 0.1) is 11.8 Å². The number of carbonyl (C=O) groups excluding carboxylic acids is 2. The Hall–Kier alpha value is -1.79. The van der Waals surface area contributed by atoms with Gasteiger partial charge in [-0.2, -0.15) is 0 Å². The summed E-state index contributed by atoms with van der Waals surface area (Å²) in [6.45, 7) is 4.89. The molecule has 0 radical (unpaired) electrons. The molecule has 7 nitrogen and oxygen atoms in total. The Morgan fingerprint density at radius 1 is 1.00 bits per heavy atom. The van der Waals surface area contributed by atoms with Gasteiger partial charge in [-0.25, -0.2) is 4.79 Å². The lowest BCUT2D eigenvalue weighted by Crippen LogP contribution is -2.38. The van der Waals surface area contributed by atoms with Crippen LogP contribution in [0.1, 0.15) is 39.5 Å². The van der Waals surface area contributed by atoms with E-state index >= 15 is 0 Å². The number of hydrogen-bond acceptors (Lipinski definition) is 3. The first-order valence-electron chi connectivity index (χ1n) is 7.30. The first-order chi connectivity index (χ1) is 9.86. The van der Waals surface area contributed by atoms with Gasteiger partial charge in [-0.05, 0) is 24.7 Å². The maximum Gasteiger partial charge on any atom is 0.314 e. The van der Waals surface area contributed by atoms with Crippen molar-refractivity contribution in [3.05, 3.63) is 0 Å². The maximum atomic E-state index is 11.5. The average Bonchev–Trinajstić information content (AvgIpc) is 2.41. The summed E-state index contributed by atoms with van der Waals surface area (Å²) in [5, 5.41) is 16.5. The summed E-state index contributed by atoms with van der Waals surface area (Å²) >= 11 is 0. The van der Waals surface area contributed by atoms with Gasteiger partial charge in [0.25, 0.3) is 0 Å². The van der Waals surface area contributed by atoms with Crippen LogP contribution in [0.2, 0.25) is 0 Å². The van der Waals surface area contributed by atoms with Gasteiger partial charge in [-0.1, -0.05) is 13.8 Å². The predicted molar refractivity (Wildman–Crippen MR) is 79.9 cm³/mol. The summed E-state index contributed by atoms with van der Waals surface area (Å²) < 4.78 is 0. The van der Waals surface area contributed by atoms with Crippen LogP contribution in [-0.4, -0.2) is 43.2 Å². The van der Waals surface area contributed by atoms with Gasteiger partial charge in [0.05, 0.1) is 0 Å². The van der Waals surface area contributed by atoms with Crippen molar-refractivity contribution < 1.29 is 19.5 Å². The third kappa shape index (κ3) is 10.6. The summed E-state index contributed by atoms with van der Waals surface area (Å²) in [6.07, 6.45) is 1.76. The highest BCUT2D eigenvalue weighted by molar-refractivity contribution is 5.77. The molecule has 0 saturated carbocycles. The summed E-state index contributed by atoms with van der Waals surface area (Å²) in [6, 6.07) is -0.306. The van der Waals surface area contributed by atoms with Crippen LogP contribution in [0.3, 0.4) is 0 Å². The Morgan fingerprint density at radius 2 is 1.62 bits per heavy atom. The molecule has 0 rings (SSSR count). The molecule has 3 amide bonds. The smallest absolute Gasteiger partial charge is 0.314 e. The monoisotopic (exact) mass is 301 g/mol. The number of amides is 3. The Balaban J connectivity index is 3.84. The van der Waals surface area contributed by atoms with Crippen LogP contribution in [0.4, 0.5) is 4.79 Å². The second-order valence-electron chi connectivity index (χ2n) is 5.33. The van der Waals surface area contributed by atoms with Gasteiger partial charge in [0.1, 0.15) is 0 Å². The quantitative estimate of drug-likeness (QED) is 0.482. The standard InChI is InChI=1S/C14H27N3O4/c1-10(2)11(4-5-13(19)20)6-8-16-14(21)17-9-7-12(18)15-3/h10-11H,4-9H2,1-3H3,(H,15,18)(H,19,20)(H2,16,17,21). The molecule has 0 aliphatic rings. The van der Waals surface area contributed by atoms with Crippen molar-refractivity contribution in [3.8, 4) is 0 Å². The van der Waals surface area contributed by atoms with Gasteiger partial charge in [-0.3, -0.25) is 9.59 Å². The Morgan fingerprint density at radius 3 is 2.14 bits per heavy atom. The Labute approximate surface area is 125 Å². The van der Waals surface area contributed by atoms with Gasteiger partial charge in [0, 0.05) is 33.0 Å². The molecule has 0 aromatic carbocycles. The van der Waals surface area contributed by atoms with Gasteiger partial charge in [-0.15, -0.1) is 0 Å². The number of aliphatic carboxylic acids is 1. The van der Waals surface area contributed by atoms with E-state index in [-0.39, 0.29) is 37.2 Å². The molecule has 0 heterocycles. The minimum absolute atomic E-state index is 0.121. The lowest BCUT2D eigenvalue weighted by Gasteiger charge is -2.20. The minimum atomic E-state index is -0.791. The molecule has 0 aromatic rings. The number of carboxylic acid groups (broad SMARTS) is 1. The molecular weight excluding hydrogens is 274 g/mol. The molecule has 1 atom stereocenters. The number of carbonyl (C=O) groups is 3. The zero-order chi connectivity index (χ0) is 16.3. The SMILES string of the molecule is CNC(=O)CCNC(=O)NCCC(CCC(=O)O)C(C)C. The van der Waals surface area contributed by atoms with Crippen molar-refractivity contribution in [2.24, 2.45) is 11.8 Å². The van der Waals surface area contributed by atoms with Crippen LogP contribution in [-0.2, 0) is 9.59 Å². The van der Waals surface area contributed by atoms with Crippen molar-refractivity contribution in [3.63, 3.8) is 0 Å². The Bertz CT molecular complexity index is 345. The maximum absolute atomic E-state index is 11.5. The molecule has 0 aliphatic heterocycles. The number of nitrogens with one attached hydrogen (secondary N) is 3. The third-order valence-corrected chi connectivity index (χ3v) is 3.39. The first kappa shape index (κ1) is 19.2. The number of hydrogen-bond donors (Lipinski definition) is 4. The lowest BCUT2D eigenvalue weighted by atomic mass is 9.88. The van der Waals surface area contributed by atoms with E-state index in [1.54, 1.807) is 7.05 Å². The molecule has 7 heteroatoms. The van der Waals surface area contributed by atoms with Gasteiger partial charge in [0.2, 0.25) is 5.91 Å². The molecule has 0 spiro atoms. The van der Waals surface area contributed by atoms with Gasteiger partial charge >= 0.3 is 12.0 Å². The summed E-state index contributed by atoms with van der Waals surface area (Å²) in [7, 11) is 1.55. The van der Waals surface area contributed by atoms with Crippen LogP contribution in [0.5, 0.6) is 0 Å². The third-order valence-electron chi connectivity index (χ3n) is 3.39. The molecule has 122 valence electrons. The van der Waals surface area contributed by atoms with Gasteiger partial charge in [0.15, 0.2) is 0 Å². The highest BCUT2D eigenvalue weighted by atomic mass is 16.4. The van der Waals surface area contributed by atoms with E-state index in [4.69, 9.17) is 5.11 Å². The van der Waals surface area contributed by atoms with E-state index in [1.165, 1.54) is 0 Å². The fourth-order valence-electron chi connectivity index (χ4n) is 1.97. The van der Waals surface area contributed by atoms with Crippen LogP contribution < -0.4 is 16.0 Å². The van der Waals surface area contributed by atoms with E-state index in [1.807, 2.05) is 0 Å². The second-order valence-corrected chi connectivity index (χ2v) is 5.33. The number of carboxylic acids is 1. The molecular formula is C14H27N3O4. The highest BCUT2D eigenvalue weighted by Gasteiger charge is 2.15. The Kier molecular flexibility index (Phi) is 10.0. The van der Waals surface area contributed by atoms with Crippen molar-refractivity contribution in [2.45, 2.75) is 39.5 Å². The number of rotatable bonds is 10. The van der Waals surface area contributed by atoms with Crippen molar-refractivity contribution in [2.75, 3.05) is 20.1 Å². The van der Waals surface area contributed by atoms with E-state index in [9.17, 15) is 14.4 Å². The summed E-state index contributed by atoms with van der Waals surface area (Å²) in [5.41, 5.74) is 0. The van der Waals surface area contributed by atoms with E-state index in [0.29, 0.717) is 18.9 Å². The summed E-state index contributed by atoms with van der Waals surface area (Å²) in [5.74, 6) is -0.265. The zero-order valence-corrected chi connectivity index (χ0v) is 13.1. The summed E-state index contributed by atoms with van der Waals surface area (Å²) in [4.78, 5) is 33.0. The van der Waals surface area contributed by atoms with E-state index in [0.717, 1.165) is 6.42 Å². The van der Waals surface area contributed by atoms with E-state index in [2.05, 4.69) is 29.8 Å². The zero-order valence-electron chi connectivity index (χ0n) is 13.1. The lowest BCUT2D eigenvalue weighted by molar-refractivity contribution is -0.137. The van der Waals surface area contributed by atoms with Gasteiger partial charge < -0.3 is 21.1 Å². The fourth-order valence-corrected chi connectivity index (χ4v) is 1.97. The average molecular weight is 301 g/mol. The van der Waals surface area contributed by atoms with Crippen molar-refractivity contribution in [1.82, 2.24) is 16.0 Å². The highest BCUT2D eigenvalue weighted by Crippen LogP contribution is 2.20. The predicted octanol–water partition coefficient (Wildman–Crippen LogP) is 0.949. The van der Waals surface area contributed by atoms with E-state index < -0.39 is 5.97 Å². The normalized spacial score (nSPS) is 11.8.